The number of aryl methyl sites for hydroxylation is 1. The zero-order chi connectivity index (χ0) is 14.9. The normalized spacial score (nSPS) is 10.5. The fourth-order valence-electron chi connectivity index (χ4n) is 1.92. The van der Waals surface area contributed by atoms with E-state index in [1.54, 1.807) is 12.1 Å². The Bertz CT molecular complexity index is 670. The maximum Gasteiger partial charge on any atom is 0.332 e. The monoisotopic (exact) mass is 293 g/mol. The largest absolute Gasteiger partial charge is 0.378 e. The van der Waals surface area contributed by atoms with Gasteiger partial charge in [0.2, 0.25) is 11.8 Å². The Labute approximate surface area is 119 Å². The van der Waals surface area contributed by atoms with Crippen LogP contribution in [0.4, 0.5) is 17.5 Å². The van der Waals surface area contributed by atoms with E-state index in [4.69, 9.17) is 23.1 Å². The number of nitrogens with zero attached hydrogens (tertiary/aromatic N) is 3. The molecule has 0 saturated carbocycles. The summed E-state index contributed by atoms with van der Waals surface area (Å²) < 4.78 is 0. The van der Waals surface area contributed by atoms with E-state index in [-0.39, 0.29) is 29.6 Å². The molecular formula is C12H12ClN5O2. The molecule has 0 fully saturated rings. The van der Waals surface area contributed by atoms with Crippen LogP contribution >= 0.6 is 11.6 Å². The molecule has 7 nitrogen and oxygen atoms in total. The molecule has 0 atom stereocenters. The van der Waals surface area contributed by atoms with E-state index in [0.717, 1.165) is 11.1 Å². The highest BCUT2D eigenvalue weighted by atomic mass is 35.5. The van der Waals surface area contributed by atoms with Crippen molar-refractivity contribution >= 4 is 29.1 Å². The van der Waals surface area contributed by atoms with Gasteiger partial charge in [-0.15, -0.1) is 0 Å². The Hall–Kier alpha value is -2.41. The molecule has 0 spiro atoms. The quantitative estimate of drug-likeness (QED) is 0.660. The minimum Gasteiger partial charge on any atom is -0.378 e. The highest BCUT2D eigenvalue weighted by molar-refractivity contribution is 6.31. The summed E-state index contributed by atoms with van der Waals surface area (Å²) in [5.74, 6) is -0.352. The minimum atomic E-state index is -0.615. The van der Waals surface area contributed by atoms with Crippen molar-refractivity contribution < 1.29 is 4.92 Å². The van der Waals surface area contributed by atoms with Crippen molar-refractivity contribution in [2.75, 3.05) is 11.5 Å². The van der Waals surface area contributed by atoms with Crippen molar-refractivity contribution in [3.05, 3.63) is 50.2 Å². The predicted octanol–water partition coefficient (Wildman–Crippen LogP) is 2.10. The van der Waals surface area contributed by atoms with E-state index < -0.39 is 4.92 Å². The number of nitrogen functional groups attached to an aromatic ring is 2. The number of nitro groups is 1. The first kappa shape index (κ1) is 14.0. The van der Waals surface area contributed by atoms with Crippen LogP contribution in [-0.2, 0) is 6.42 Å². The van der Waals surface area contributed by atoms with Crippen molar-refractivity contribution in [2.45, 2.75) is 13.3 Å². The third-order valence-corrected chi connectivity index (χ3v) is 3.23. The summed E-state index contributed by atoms with van der Waals surface area (Å²) in [5, 5.41) is 11.6. The van der Waals surface area contributed by atoms with Gasteiger partial charge in [-0.3, -0.25) is 10.1 Å². The van der Waals surface area contributed by atoms with Gasteiger partial charge in [-0.05, 0) is 24.1 Å². The smallest absolute Gasteiger partial charge is 0.332 e. The van der Waals surface area contributed by atoms with Gasteiger partial charge in [0.25, 0.3) is 0 Å². The second-order valence-electron chi connectivity index (χ2n) is 4.23. The van der Waals surface area contributed by atoms with E-state index in [9.17, 15) is 10.1 Å². The SMILES string of the molecule is Cc1cccc(Cl)c1Cc1nc(N)nc(N)c1[N+](=O)[O-]. The molecule has 1 aromatic heterocycles. The Morgan fingerprint density at radius 1 is 1.35 bits per heavy atom. The topological polar surface area (TPSA) is 121 Å². The van der Waals surface area contributed by atoms with Crippen molar-refractivity contribution in [2.24, 2.45) is 0 Å². The maximum absolute atomic E-state index is 11.1. The third-order valence-electron chi connectivity index (χ3n) is 2.88. The lowest BCUT2D eigenvalue weighted by Gasteiger charge is -2.09. The average molecular weight is 294 g/mol. The highest BCUT2D eigenvalue weighted by Gasteiger charge is 2.23. The lowest BCUT2D eigenvalue weighted by Crippen LogP contribution is -2.09. The summed E-state index contributed by atoms with van der Waals surface area (Å²) in [6.45, 7) is 1.86. The molecule has 0 aliphatic rings. The Kier molecular flexibility index (Phi) is 3.71. The number of benzene rings is 1. The van der Waals surface area contributed by atoms with E-state index >= 15 is 0 Å². The van der Waals surface area contributed by atoms with Crippen molar-refractivity contribution in [1.82, 2.24) is 9.97 Å². The minimum absolute atomic E-state index is 0.104. The standard InChI is InChI=1S/C12H12ClN5O2/c1-6-3-2-4-8(13)7(6)5-9-10(18(19)20)11(14)17-12(15)16-9/h2-4H,5H2,1H3,(H4,14,15,16,17). The van der Waals surface area contributed by atoms with Crippen molar-refractivity contribution in [1.29, 1.82) is 0 Å². The molecule has 0 saturated heterocycles. The van der Waals surface area contributed by atoms with Crippen LogP contribution in [0, 0.1) is 17.0 Å². The lowest BCUT2D eigenvalue weighted by atomic mass is 10.0. The van der Waals surface area contributed by atoms with Crippen LogP contribution < -0.4 is 11.5 Å². The van der Waals surface area contributed by atoms with Crippen LogP contribution in [0.3, 0.4) is 0 Å². The molecule has 2 aromatic rings. The third kappa shape index (κ3) is 2.62. The second kappa shape index (κ2) is 5.30. The number of aromatic nitrogens is 2. The van der Waals surface area contributed by atoms with E-state index in [2.05, 4.69) is 9.97 Å². The van der Waals surface area contributed by atoms with Gasteiger partial charge < -0.3 is 11.5 Å². The van der Waals surface area contributed by atoms with Gasteiger partial charge in [-0.2, -0.15) is 4.98 Å². The number of nitrogens with two attached hydrogens (primary N) is 2. The fraction of sp³-hybridized carbons (Fsp3) is 0.167. The van der Waals surface area contributed by atoms with E-state index in [0.29, 0.717) is 5.02 Å². The second-order valence-corrected chi connectivity index (χ2v) is 4.64. The van der Waals surface area contributed by atoms with Crippen LogP contribution in [0.5, 0.6) is 0 Å². The van der Waals surface area contributed by atoms with Gasteiger partial charge in [0.15, 0.2) is 0 Å². The fourth-order valence-corrected chi connectivity index (χ4v) is 2.21. The first-order chi connectivity index (χ1) is 9.40. The summed E-state index contributed by atoms with van der Waals surface area (Å²) >= 11 is 6.12. The molecule has 0 aliphatic carbocycles. The number of rotatable bonds is 3. The molecule has 104 valence electrons. The molecule has 0 radical (unpaired) electrons. The first-order valence-electron chi connectivity index (χ1n) is 5.70. The van der Waals surface area contributed by atoms with Crippen LogP contribution in [-0.4, -0.2) is 14.9 Å². The van der Waals surface area contributed by atoms with Gasteiger partial charge in [-0.1, -0.05) is 23.7 Å². The van der Waals surface area contributed by atoms with Crippen molar-refractivity contribution in [3.8, 4) is 0 Å². The predicted molar refractivity (Wildman–Crippen MR) is 76.5 cm³/mol. The zero-order valence-corrected chi connectivity index (χ0v) is 11.4. The maximum atomic E-state index is 11.1. The molecule has 0 unspecified atom stereocenters. The Morgan fingerprint density at radius 2 is 2.05 bits per heavy atom. The molecule has 1 heterocycles. The number of hydrogen-bond acceptors (Lipinski definition) is 6. The zero-order valence-electron chi connectivity index (χ0n) is 10.6. The number of hydrogen-bond donors (Lipinski definition) is 2. The van der Waals surface area contributed by atoms with Crippen LogP contribution in [0.25, 0.3) is 0 Å². The molecule has 20 heavy (non-hydrogen) atoms. The molecular weight excluding hydrogens is 282 g/mol. The van der Waals surface area contributed by atoms with Crippen molar-refractivity contribution in [3.63, 3.8) is 0 Å². The molecule has 1 aromatic carbocycles. The van der Waals surface area contributed by atoms with Crippen LogP contribution in [0.1, 0.15) is 16.8 Å². The van der Waals surface area contributed by atoms with E-state index in [1.807, 2.05) is 13.0 Å². The van der Waals surface area contributed by atoms with Crippen LogP contribution in [0.2, 0.25) is 5.02 Å². The summed E-state index contributed by atoms with van der Waals surface area (Å²) in [6.07, 6.45) is 0.165. The Balaban J connectivity index is 2.56. The highest BCUT2D eigenvalue weighted by Crippen LogP contribution is 2.29. The molecule has 0 bridgehead atoms. The average Bonchev–Trinajstić information content (AvgIpc) is 2.32. The molecule has 0 amide bonds. The van der Waals surface area contributed by atoms with Gasteiger partial charge >= 0.3 is 5.69 Å². The number of halogens is 1. The summed E-state index contributed by atoms with van der Waals surface area (Å²) in [6, 6.07) is 5.38. The van der Waals surface area contributed by atoms with Gasteiger partial charge in [0, 0.05) is 11.4 Å². The van der Waals surface area contributed by atoms with Gasteiger partial charge in [-0.25, -0.2) is 4.98 Å². The summed E-state index contributed by atoms with van der Waals surface area (Å²) in [7, 11) is 0. The first-order valence-corrected chi connectivity index (χ1v) is 6.08. The molecule has 2 rings (SSSR count). The molecule has 0 aliphatic heterocycles. The van der Waals surface area contributed by atoms with Crippen LogP contribution in [0.15, 0.2) is 18.2 Å². The lowest BCUT2D eigenvalue weighted by molar-refractivity contribution is -0.385. The summed E-state index contributed by atoms with van der Waals surface area (Å²) in [4.78, 5) is 18.0. The van der Waals surface area contributed by atoms with Gasteiger partial charge in [0.1, 0.15) is 5.69 Å². The van der Waals surface area contributed by atoms with Gasteiger partial charge in [0.05, 0.1) is 4.92 Å². The Morgan fingerprint density at radius 3 is 2.65 bits per heavy atom. The molecule has 4 N–H and O–H groups in total. The number of anilines is 2. The molecule has 8 heteroatoms. The summed E-state index contributed by atoms with van der Waals surface area (Å²) in [5.41, 5.74) is 12.5. The van der Waals surface area contributed by atoms with E-state index in [1.165, 1.54) is 0 Å².